The van der Waals surface area contributed by atoms with Gasteiger partial charge in [0.1, 0.15) is 35.2 Å². The average molecular weight is 918 g/mol. The Labute approximate surface area is 364 Å². The van der Waals surface area contributed by atoms with Crippen molar-refractivity contribution in [2.75, 3.05) is 31.8 Å². The van der Waals surface area contributed by atoms with Gasteiger partial charge in [0.25, 0.3) is 11.8 Å². The van der Waals surface area contributed by atoms with Gasteiger partial charge in [-0.25, -0.2) is 32.4 Å². The molecule has 0 saturated carbocycles. The monoisotopic (exact) mass is 917 g/mol. The van der Waals surface area contributed by atoms with E-state index in [2.05, 4.69) is 20.0 Å². The molecule has 3 N–H and O–H groups in total. The lowest BCUT2D eigenvalue weighted by Crippen LogP contribution is -2.52. The van der Waals surface area contributed by atoms with Crippen LogP contribution in [0.2, 0.25) is 0 Å². The summed E-state index contributed by atoms with van der Waals surface area (Å²) in [5.41, 5.74) is -3.57. The molecule has 2 bridgehead atoms. The van der Waals surface area contributed by atoms with Crippen molar-refractivity contribution < 1.29 is 70.7 Å². The van der Waals surface area contributed by atoms with Crippen LogP contribution in [0.3, 0.4) is 0 Å². The number of nitrogens with zero attached hydrogens (tertiary/aromatic N) is 6. The van der Waals surface area contributed by atoms with Crippen molar-refractivity contribution in [2.24, 2.45) is 5.16 Å². The molecule has 24 heteroatoms. The molecule has 3 aliphatic rings. The summed E-state index contributed by atoms with van der Waals surface area (Å²) >= 11 is 0. The number of pyridine rings is 2. The van der Waals surface area contributed by atoms with E-state index in [1.165, 1.54) is 34.8 Å². The van der Waals surface area contributed by atoms with Crippen molar-refractivity contribution in [1.29, 1.82) is 0 Å². The van der Waals surface area contributed by atoms with Crippen LogP contribution in [-0.2, 0) is 41.3 Å². The second-order valence-electron chi connectivity index (χ2n) is 16.4. The van der Waals surface area contributed by atoms with Crippen LogP contribution in [0.15, 0.2) is 52.7 Å². The molecule has 4 amide bonds. The number of hydrogen-bond donors (Lipinski definition) is 3. The van der Waals surface area contributed by atoms with Gasteiger partial charge in [-0.1, -0.05) is 17.3 Å². The number of anilines is 1. The smallest absolute Gasteiger partial charge is 0.459 e. The topological polar surface area (TPSA) is 258 Å². The number of benzene rings is 1. The van der Waals surface area contributed by atoms with E-state index in [1.54, 1.807) is 27.7 Å². The number of hydrogen-bond acceptors (Lipinski definition) is 14. The van der Waals surface area contributed by atoms with Gasteiger partial charge < -0.3 is 43.6 Å². The summed E-state index contributed by atoms with van der Waals surface area (Å²) in [6.45, 7) is 5.43. The molecule has 3 atom stereocenters. The van der Waals surface area contributed by atoms with E-state index < -0.39 is 110 Å². The van der Waals surface area contributed by atoms with Crippen molar-refractivity contribution in [3.05, 3.63) is 87.0 Å². The second-order valence-corrected chi connectivity index (χ2v) is 17.6. The Morgan fingerprint density at radius 3 is 2.50 bits per heavy atom. The standard InChI is InChI=1S/C40H46F2N7O14P/c1-22-15-40(63-45-22)12-11-23(2)48-19-29(40)49-18-27(35(52)44-16-24-9-10-26(41)14-28(24)42)32(51)33(31(49)36(48)53)61-37(54)46(6)34-25(8-7-13-43-34)17-47(20-30(50)62-39(3,4)5)38(55)59-21-60-64(56,57)58/h7-10,13-14,18,23,29H,11-12,15-17,19-21H2,1-6H3,(H,44,52)(H2,56,57,58)/t23-,29+,40-/m0/s1. The molecule has 1 spiro atoms. The normalized spacial score (nSPS) is 19.2. The molecule has 344 valence electrons. The zero-order valence-corrected chi connectivity index (χ0v) is 36.4. The molecule has 3 aliphatic heterocycles. The Hall–Kier alpha value is -6.29. The third-order valence-electron chi connectivity index (χ3n) is 10.5. The SMILES string of the molecule is CC1=NO[C@@]2(CC[C@H](C)N3C[C@H]2n2cc(C(=O)NCc4ccc(F)cc4F)c(=O)c(OC(=O)N(C)c4ncccc4CN(CC(=O)OC(C)(C)C)C(=O)OCOP(=O)(O)O)c2C3=O)C1. The number of halogens is 2. The number of amides is 4. The first kappa shape index (κ1) is 47.2. The Morgan fingerprint density at radius 2 is 1.84 bits per heavy atom. The third-order valence-corrected chi connectivity index (χ3v) is 11.0. The van der Waals surface area contributed by atoms with Crippen LogP contribution >= 0.6 is 7.82 Å². The number of esters is 1. The minimum atomic E-state index is -5.06. The summed E-state index contributed by atoms with van der Waals surface area (Å²) in [6.07, 6.45) is 1.05. The number of aromatic nitrogens is 2. The van der Waals surface area contributed by atoms with E-state index in [4.69, 9.17) is 28.8 Å². The van der Waals surface area contributed by atoms with E-state index in [1.807, 2.05) is 6.92 Å². The van der Waals surface area contributed by atoms with Crippen molar-refractivity contribution in [3.63, 3.8) is 0 Å². The summed E-state index contributed by atoms with van der Waals surface area (Å²) in [7, 11) is -3.88. The molecule has 3 aromatic rings. The molecule has 0 aliphatic carbocycles. The van der Waals surface area contributed by atoms with Gasteiger partial charge in [0, 0.05) is 62.2 Å². The van der Waals surface area contributed by atoms with Crippen LogP contribution < -0.4 is 20.4 Å². The highest BCUT2D eigenvalue weighted by molar-refractivity contribution is 7.46. The van der Waals surface area contributed by atoms with E-state index in [0.717, 1.165) is 28.1 Å². The number of ether oxygens (including phenoxy) is 3. The van der Waals surface area contributed by atoms with Crippen LogP contribution in [0.5, 0.6) is 5.75 Å². The number of phosphoric acid groups is 1. The van der Waals surface area contributed by atoms with Crippen molar-refractivity contribution in [2.45, 2.75) is 90.3 Å². The molecule has 1 saturated heterocycles. The number of fused-ring (bicyclic) bond motifs is 5. The number of oxime groups is 1. The molecule has 6 rings (SSSR count). The minimum Gasteiger partial charge on any atom is -0.459 e. The zero-order valence-electron chi connectivity index (χ0n) is 35.5. The lowest BCUT2D eigenvalue weighted by molar-refractivity contribution is -0.156. The summed E-state index contributed by atoms with van der Waals surface area (Å²) in [4.78, 5) is 114. The fourth-order valence-corrected chi connectivity index (χ4v) is 7.75. The second kappa shape index (κ2) is 18.4. The van der Waals surface area contributed by atoms with Gasteiger partial charge in [-0.15, -0.1) is 0 Å². The highest BCUT2D eigenvalue weighted by Crippen LogP contribution is 2.46. The Kier molecular flexibility index (Phi) is 13.6. The summed E-state index contributed by atoms with van der Waals surface area (Å²) in [5, 5.41) is 6.64. The zero-order chi connectivity index (χ0) is 46.9. The van der Waals surface area contributed by atoms with Crippen LogP contribution in [0.25, 0.3) is 0 Å². The lowest BCUT2D eigenvalue weighted by Gasteiger charge is -2.42. The number of nitrogens with one attached hydrogen (secondary N) is 1. The maximum Gasteiger partial charge on any atom is 0.472 e. The first-order chi connectivity index (χ1) is 30.0. The molecule has 5 heterocycles. The predicted molar refractivity (Wildman–Crippen MR) is 218 cm³/mol. The Morgan fingerprint density at radius 1 is 1.11 bits per heavy atom. The average Bonchev–Trinajstić information content (AvgIpc) is 3.54. The van der Waals surface area contributed by atoms with Gasteiger partial charge >= 0.3 is 26.0 Å². The summed E-state index contributed by atoms with van der Waals surface area (Å²) in [5.74, 6) is -5.49. The molecule has 21 nitrogen and oxygen atoms in total. The first-order valence-electron chi connectivity index (χ1n) is 19.7. The summed E-state index contributed by atoms with van der Waals surface area (Å²) < 4.78 is 60.9. The van der Waals surface area contributed by atoms with E-state index in [-0.39, 0.29) is 35.2 Å². The highest BCUT2D eigenvalue weighted by atomic mass is 31.2. The van der Waals surface area contributed by atoms with Crippen LogP contribution in [0.4, 0.5) is 24.2 Å². The van der Waals surface area contributed by atoms with Crippen molar-refractivity contribution >= 4 is 49.3 Å². The van der Waals surface area contributed by atoms with Gasteiger partial charge in [-0.3, -0.25) is 29.0 Å². The largest absolute Gasteiger partial charge is 0.472 e. The van der Waals surface area contributed by atoms with Gasteiger partial charge in [0.05, 0.1) is 18.3 Å². The lowest BCUT2D eigenvalue weighted by atomic mass is 9.84. The molecule has 1 aromatic carbocycles. The third kappa shape index (κ3) is 10.6. The van der Waals surface area contributed by atoms with E-state index in [0.29, 0.717) is 31.0 Å². The number of phosphoric ester groups is 1. The molecule has 0 radical (unpaired) electrons. The highest BCUT2D eigenvalue weighted by Gasteiger charge is 2.54. The maximum absolute atomic E-state index is 14.6. The van der Waals surface area contributed by atoms with Crippen molar-refractivity contribution in [3.8, 4) is 5.75 Å². The maximum atomic E-state index is 14.6. The molecular weight excluding hydrogens is 871 g/mol. The minimum absolute atomic E-state index is 0.0657. The van der Waals surface area contributed by atoms with Crippen LogP contribution in [0, 0.1) is 11.6 Å². The van der Waals surface area contributed by atoms with Crippen LogP contribution in [0.1, 0.15) is 91.9 Å². The Balaban J connectivity index is 1.37. The van der Waals surface area contributed by atoms with Gasteiger partial charge in [0.15, 0.2) is 11.3 Å². The molecular formula is C40H46F2N7O14P. The first-order valence-corrected chi connectivity index (χ1v) is 21.3. The molecule has 0 unspecified atom stereocenters. The van der Waals surface area contributed by atoms with E-state index >= 15 is 0 Å². The van der Waals surface area contributed by atoms with Crippen molar-refractivity contribution in [1.82, 2.24) is 24.7 Å². The molecule has 1 fully saturated rings. The number of carbonyl (C=O) groups excluding carboxylic acids is 5. The fraction of sp³-hybridized carbons (Fsp3) is 0.450. The van der Waals surface area contributed by atoms with E-state index in [9.17, 15) is 42.1 Å². The predicted octanol–water partition coefficient (Wildman–Crippen LogP) is 4.15. The van der Waals surface area contributed by atoms with Crippen LogP contribution in [-0.4, -0.2) is 109 Å². The Bertz CT molecular complexity index is 2510. The quantitative estimate of drug-likeness (QED) is 0.131. The van der Waals surface area contributed by atoms with Gasteiger partial charge in [-0.05, 0) is 59.6 Å². The fourth-order valence-electron chi connectivity index (χ4n) is 7.56. The molecule has 2 aromatic heterocycles. The number of carbonyl (C=O) groups is 5. The summed E-state index contributed by atoms with van der Waals surface area (Å²) in [6, 6.07) is 4.42. The van der Waals surface area contributed by atoms with Gasteiger partial charge in [0.2, 0.25) is 18.0 Å². The number of rotatable bonds is 12. The van der Waals surface area contributed by atoms with Gasteiger partial charge in [-0.2, -0.15) is 0 Å². The molecule has 64 heavy (non-hydrogen) atoms.